The SMILES string of the molecule is Clc1cc(/C=C(/OB(c2ccccc2)c2ccccc2)c2ccccc2)ncn1. The summed E-state index contributed by atoms with van der Waals surface area (Å²) in [7, 11) is 0. The lowest BCUT2D eigenvalue weighted by molar-refractivity contribution is 0.551. The van der Waals surface area contributed by atoms with Gasteiger partial charge in [0.15, 0.2) is 0 Å². The molecule has 0 N–H and O–H groups in total. The summed E-state index contributed by atoms with van der Waals surface area (Å²) < 4.78 is 6.61. The fourth-order valence-electron chi connectivity index (χ4n) is 3.06. The molecule has 4 aromatic rings. The first kappa shape index (κ1) is 19.0. The van der Waals surface area contributed by atoms with Crippen molar-refractivity contribution in [3.63, 3.8) is 0 Å². The van der Waals surface area contributed by atoms with Gasteiger partial charge in [-0.15, -0.1) is 0 Å². The van der Waals surface area contributed by atoms with Crippen LogP contribution >= 0.6 is 11.6 Å². The van der Waals surface area contributed by atoms with Crippen LogP contribution in [0.2, 0.25) is 5.15 Å². The van der Waals surface area contributed by atoms with Gasteiger partial charge in [-0.1, -0.05) is 103 Å². The third-order valence-electron chi connectivity index (χ3n) is 4.44. The van der Waals surface area contributed by atoms with Gasteiger partial charge in [0, 0.05) is 17.7 Å². The van der Waals surface area contributed by atoms with Crippen molar-refractivity contribution in [2.45, 2.75) is 0 Å². The van der Waals surface area contributed by atoms with Crippen molar-refractivity contribution in [2.24, 2.45) is 0 Å². The molecule has 4 rings (SSSR count). The molecule has 0 radical (unpaired) electrons. The average Bonchev–Trinajstić information content (AvgIpc) is 2.78. The zero-order valence-corrected chi connectivity index (χ0v) is 16.4. The van der Waals surface area contributed by atoms with Crippen molar-refractivity contribution >= 4 is 41.3 Å². The molecule has 0 amide bonds. The van der Waals surface area contributed by atoms with Crippen LogP contribution in [0.15, 0.2) is 103 Å². The van der Waals surface area contributed by atoms with Crippen molar-refractivity contribution in [3.05, 3.63) is 120 Å². The first-order valence-electron chi connectivity index (χ1n) is 9.31. The number of halogens is 1. The van der Waals surface area contributed by atoms with E-state index in [4.69, 9.17) is 16.3 Å². The summed E-state index contributed by atoms with van der Waals surface area (Å²) >= 11 is 6.05. The third-order valence-corrected chi connectivity index (χ3v) is 4.65. The number of hydrogen-bond donors (Lipinski definition) is 0. The van der Waals surface area contributed by atoms with Gasteiger partial charge in [0.25, 0.3) is 0 Å². The minimum atomic E-state index is -0.263. The molecule has 0 saturated carbocycles. The van der Waals surface area contributed by atoms with Gasteiger partial charge in [0.1, 0.15) is 17.2 Å². The summed E-state index contributed by atoms with van der Waals surface area (Å²) in [6.45, 7) is -0.263. The van der Waals surface area contributed by atoms with Crippen molar-refractivity contribution in [1.82, 2.24) is 9.97 Å². The molecule has 3 aromatic carbocycles. The van der Waals surface area contributed by atoms with Gasteiger partial charge in [-0.25, -0.2) is 9.97 Å². The Bertz CT molecular complexity index is 1050. The Labute approximate surface area is 175 Å². The predicted octanol–water partition coefficient (Wildman–Crippen LogP) is 4.45. The number of rotatable bonds is 6. The molecule has 0 spiro atoms. The summed E-state index contributed by atoms with van der Waals surface area (Å²) in [4.78, 5) is 8.27. The summed E-state index contributed by atoms with van der Waals surface area (Å²) in [5, 5.41) is 0.390. The first-order valence-corrected chi connectivity index (χ1v) is 9.68. The molecule has 3 nitrogen and oxygen atoms in total. The Morgan fingerprint density at radius 2 is 1.31 bits per heavy atom. The average molecular weight is 397 g/mol. The molecular weight excluding hydrogens is 379 g/mol. The van der Waals surface area contributed by atoms with Crippen LogP contribution < -0.4 is 10.9 Å². The molecule has 0 fully saturated rings. The van der Waals surface area contributed by atoms with E-state index in [2.05, 4.69) is 34.2 Å². The van der Waals surface area contributed by atoms with E-state index in [1.54, 1.807) is 6.07 Å². The highest BCUT2D eigenvalue weighted by Crippen LogP contribution is 2.20. The minimum Gasteiger partial charge on any atom is -0.551 e. The number of nitrogens with zero attached hydrogens (tertiary/aromatic N) is 2. The molecule has 1 heterocycles. The molecule has 0 atom stereocenters. The van der Waals surface area contributed by atoms with E-state index < -0.39 is 0 Å². The third kappa shape index (κ3) is 4.92. The summed E-state index contributed by atoms with van der Waals surface area (Å²) in [5.74, 6) is 0.707. The highest BCUT2D eigenvalue weighted by atomic mass is 35.5. The predicted molar refractivity (Wildman–Crippen MR) is 120 cm³/mol. The second kappa shape index (κ2) is 9.22. The van der Waals surface area contributed by atoms with Crippen LogP contribution in [0.1, 0.15) is 11.3 Å². The van der Waals surface area contributed by atoms with Crippen LogP contribution in [0.3, 0.4) is 0 Å². The molecule has 5 heteroatoms. The lowest BCUT2D eigenvalue weighted by Gasteiger charge is -2.19. The monoisotopic (exact) mass is 396 g/mol. The van der Waals surface area contributed by atoms with Gasteiger partial charge >= 0.3 is 6.92 Å². The highest BCUT2D eigenvalue weighted by Gasteiger charge is 2.24. The fraction of sp³-hybridized carbons (Fsp3) is 0. The summed E-state index contributed by atoms with van der Waals surface area (Å²) in [6, 6.07) is 32.1. The largest absolute Gasteiger partial charge is 0.551 e. The summed E-state index contributed by atoms with van der Waals surface area (Å²) in [6.07, 6.45) is 3.34. The molecule has 140 valence electrons. The maximum absolute atomic E-state index is 6.61. The Balaban J connectivity index is 1.79. The highest BCUT2D eigenvalue weighted by molar-refractivity contribution is 6.80. The van der Waals surface area contributed by atoms with E-state index in [1.807, 2.05) is 72.8 Å². The van der Waals surface area contributed by atoms with Gasteiger partial charge in [-0.05, 0) is 10.9 Å². The van der Waals surface area contributed by atoms with E-state index in [9.17, 15) is 0 Å². The van der Waals surface area contributed by atoms with Crippen molar-refractivity contribution in [1.29, 1.82) is 0 Å². The topological polar surface area (TPSA) is 35.0 Å². The Morgan fingerprint density at radius 3 is 1.86 bits per heavy atom. The maximum atomic E-state index is 6.61. The van der Waals surface area contributed by atoms with Crippen molar-refractivity contribution in [3.8, 4) is 0 Å². The van der Waals surface area contributed by atoms with E-state index in [0.717, 1.165) is 16.5 Å². The minimum absolute atomic E-state index is 0.263. The first-order chi connectivity index (χ1) is 14.3. The molecular formula is C24H18BClN2O. The zero-order valence-electron chi connectivity index (χ0n) is 15.7. The van der Waals surface area contributed by atoms with Crippen LogP contribution in [0.5, 0.6) is 0 Å². The molecule has 29 heavy (non-hydrogen) atoms. The Hall–Kier alpha value is -3.37. The van der Waals surface area contributed by atoms with Gasteiger partial charge in [-0.3, -0.25) is 0 Å². The molecule has 0 saturated heterocycles. The lowest BCUT2D eigenvalue weighted by atomic mass is 9.55. The van der Waals surface area contributed by atoms with Crippen LogP contribution in [-0.2, 0) is 4.65 Å². The van der Waals surface area contributed by atoms with E-state index in [0.29, 0.717) is 16.6 Å². The normalized spacial score (nSPS) is 11.1. The van der Waals surface area contributed by atoms with Gasteiger partial charge in [0.2, 0.25) is 0 Å². The van der Waals surface area contributed by atoms with Crippen LogP contribution in [0.4, 0.5) is 0 Å². The molecule has 0 bridgehead atoms. The molecule has 1 aromatic heterocycles. The fourth-order valence-corrected chi connectivity index (χ4v) is 3.21. The smallest absolute Gasteiger partial charge is 0.426 e. The van der Waals surface area contributed by atoms with Crippen LogP contribution in [0, 0.1) is 0 Å². The Kier molecular flexibility index (Phi) is 6.03. The van der Waals surface area contributed by atoms with Gasteiger partial charge < -0.3 is 4.65 Å². The zero-order chi connectivity index (χ0) is 19.9. The quantitative estimate of drug-likeness (QED) is 0.274. The molecule has 0 unspecified atom stereocenters. The van der Waals surface area contributed by atoms with Crippen molar-refractivity contribution < 1.29 is 4.65 Å². The molecule has 0 aliphatic heterocycles. The standard InChI is InChI=1S/C24H18BClN2O/c26-24-17-22(27-18-28-24)16-23(19-10-4-1-5-11-19)29-25(20-12-6-2-7-13-20)21-14-8-3-9-15-21/h1-18H/b23-16+. The second-order valence-corrected chi connectivity index (χ2v) is 6.85. The van der Waals surface area contributed by atoms with Gasteiger partial charge in [0.05, 0.1) is 5.69 Å². The van der Waals surface area contributed by atoms with E-state index in [-0.39, 0.29) is 6.92 Å². The van der Waals surface area contributed by atoms with Crippen molar-refractivity contribution in [2.75, 3.05) is 0 Å². The molecule has 0 aliphatic rings. The van der Waals surface area contributed by atoms with E-state index in [1.165, 1.54) is 6.33 Å². The second-order valence-electron chi connectivity index (χ2n) is 6.46. The summed E-state index contributed by atoms with van der Waals surface area (Å²) in [5.41, 5.74) is 3.78. The van der Waals surface area contributed by atoms with Crippen LogP contribution in [0.25, 0.3) is 11.8 Å². The maximum Gasteiger partial charge on any atom is 0.426 e. The van der Waals surface area contributed by atoms with E-state index >= 15 is 0 Å². The lowest BCUT2D eigenvalue weighted by Crippen LogP contribution is -2.44. The number of benzene rings is 3. The molecule has 0 aliphatic carbocycles. The van der Waals surface area contributed by atoms with Crippen LogP contribution in [-0.4, -0.2) is 16.9 Å². The van der Waals surface area contributed by atoms with Gasteiger partial charge in [-0.2, -0.15) is 0 Å². The Morgan fingerprint density at radius 1 is 0.759 bits per heavy atom. The number of aromatic nitrogens is 2. The number of hydrogen-bond acceptors (Lipinski definition) is 3.